The quantitative estimate of drug-likeness (QED) is 0.669. The number of aryl methyl sites for hydroxylation is 1. The molecule has 13 heavy (non-hydrogen) atoms. The van der Waals surface area contributed by atoms with Crippen molar-refractivity contribution in [1.82, 2.24) is 0 Å². The molecular formula is C11H14Cl2. The molecule has 0 heterocycles. The molecule has 0 spiro atoms. The number of hydrogen-bond acceptors (Lipinski definition) is 0. The normalized spacial score (nSPS) is 12.9. The van der Waals surface area contributed by atoms with Crippen LogP contribution in [0.2, 0.25) is 5.02 Å². The molecule has 0 radical (unpaired) electrons. The summed E-state index contributed by atoms with van der Waals surface area (Å²) in [6, 6.07) is 6.17. The fraction of sp³-hybridized carbons (Fsp3) is 0.455. The first-order chi connectivity index (χ1) is 6.13. The lowest BCUT2D eigenvalue weighted by Crippen LogP contribution is -2.01. The predicted molar refractivity (Wildman–Crippen MR) is 59.8 cm³/mol. The molecule has 1 atom stereocenters. The van der Waals surface area contributed by atoms with Gasteiger partial charge in [0, 0.05) is 10.9 Å². The summed E-state index contributed by atoms with van der Waals surface area (Å²) < 4.78 is 0. The highest BCUT2D eigenvalue weighted by molar-refractivity contribution is 6.31. The van der Waals surface area contributed by atoms with Crippen molar-refractivity contribution in [2.75, 3.05) is 5.88 Å². The molecule has 0 bridgehead atoms. The van der Waals surface area contributed by atoms with E-state index >= 15 is 0 Å². The van der Waals surface area contributed by atoms with E-state index < -0.39 is 0 Å². The number of alkyl halides is 1. The Bertz CT molecular complexity index is 281. The van der Waals surface area contributed by atoms with Crippen molar-refractivity contribution in [1.29, 1.82) is 0 Å². The molecule has 0 nitrogen and oxygen atoms in total. The minimum Gasteiger partial charge on any atom is -0.126 e. The summed E-state index contributed by atoms with van der Waals surface area (Å²) in [5, 5.41) is 0.858. The van der Waals surface area contributed by atoms with E-state index in [4.69, 9.17) is 23.2 Å². The summed E-state index contributed by atoms with van der Waals surface area (Å²) in [6.45, 7) is 4.17. The largest absolute Gasteiger partial charge is 0.126 e. The number of hydrogen-bond donors (Lipinski definition) is 0. The predicted octanol–water partition coefficient (Wildman–Crippen LogP) is 4.07. The monoisotopic (exact) mass is 216 g/mol. The van der Waals surface area contributed by atoms with Crippen LogP contribution in [0.5, 0.6) is 0 Å². The van der Waals surface area contributed by atoms with Crippen LogP contribution in [0, 0.1) is 12.8 Å². The second-order valence-corrected chi connectivity index (χ2v) is 4.27. The Hall–Kier alpha value is -0.200. The van der Waals surface area contributed by atoms with Gasteiger partial charge in [0.25, 0.3) is 0 Å². The molecule has 0 aliphatic carbocycles. The van der Waals surface area contributed by atoms with Gasteiger partial charge in [0.1, 0.15) is 0 Å². The molecule has 72 valence electrons. The van der Waals surface area contributed by atoms with Crippen LogP contribution < -0.4 is 0 Å². The van der Waals surface area contributed by atoms with Crippen molar-refractivity contribution in [3.63, 3.8) is 0 Å². The van der Waals surface area contributed by atoms with Crippen molar-refractivity contribution in [2.24, 2.45) is 5.92 Å². The standard InChI is InChI=1S/C11H14Cl2/c1-8-3-4-10(11(13)6-8)5-9(2)7-12/h3-4,6,9H,5,7H2,1-2H3. The molecule has 0 aromatic heterocycles. The van der Waals surface area contributed by atoms with Crippen LogP contribution in [-0.2, 0) is 6.42 Å². The molecule has 0 N–H and O–H groups in total. The number of halogens is 2. The van der Waals surface area contributed by atoms with Gasteiger partial charge in [-0.2, -0.15) is 0 Å². The third kappa shape index (κ3) is 3.21. The molecular weight excluding hydrogens is 203 g/mol. The van der Waals surface area contributed by atoms with Crippen LogP contribution in [0.4, 0.5) is 0 Å². The van der Waals surface area contributed by atoms with Gasteiger partial charge >= 0.3 is 0 Å². The third-order valence-electron chi connectivity index (χ3n) is 2.04. The first-order valence-corrected chi connectivity index (χ1v) is 5.35. The van der Waals surface area contributed by atoms with Gasteiger partial charge < -0.3 is 0 Å². The Kier molecular flexibility index (Phi) is 4.08. The first kappa shape index (κ1) is 10.9. The van der Waals surface area contributed by atoms with Gasteiger partial charge in [-0.25, -0.2) is 0 Å². The van der Waals surface area contributed by atoms with Crippen LogP contribution in [0.1, 0.15) is 18.1 Å². The van der Waals surface area contributed by atoms with Crippen molar-refractivity contribution >= 4 is 23.2 Å². The van der Waals surface area contributed by atoms with Crippen LogP contribution in [0.3, 0.4) is 0 Å². The molecule has 0 saturated carbocycles. The zero-order chi connectivity index (χ0) is 9.84. The summed E-state index contributed by atoms with van der Waals surface area (Å²) >= 11 is 11.8. The summed E-state index contributed by atoms with van der Waals surface area (Å²) in [4.78, 5) is 0. The highest BCUT2D eigenvalue weighted by Crippen LogP contribution is 2.20. The van der Waals surface area contributed by atoms with Gasteiger partial charge in [-0.3, -0.25) is 0 Å². The molecule has 1 aromatic rings. The SMILES string of the molecule is Cc1ccc(CC(C)CCl)c(Cl)c1. The molecule has 1 rings (SSSR count). The summed E-state index contributed by atoms with van der Waals surface area (Å²) in [6.07, 6.45) is 0.961. The lowest BCUT2D eigenvalue weighted by molar-refractivity contribution is 0.654. The Balaban J connectivity index is 2.77. The van der Waals surface area contributed by atoms with Crippen LogP contribution in [0.15, 0.2) is 18.2 Å². The Morgan fingerprint density at radius 2 is 2.08 bits per heavy atom. The van der Waals surface area contributed by atoms with Crippen LogP contribution in [0.25, 0.3) is 0 Å². The summed E-state index contributed by atoms with van der Waals surface area (Å²) in [5.74, 6) is 1.17. The highest BCUT2D eigenvalue weighted by atomic mass is 35.5. The first-order valence-electron chi connectivity index (χ1n) is 4.44. The van der Waals surface area contributed by atoms with Crippen molar-refractivity contribution in [3.05, 3.63) is 34.3 Å². The van der Waals surface area contributed by atoms with Crippen LogP contribution >= 0.6 is 23.2 Å². The van der Waals surface area contributed by atoms with E-state index in [-0.39, 0.29) is 0 Å². The maximum absolute atomic E-state index is 6.09. The fourth-order valence-corrected chi connectivity index (χ4v) is 1.67. The van der Waals surface area contributed by atoms with Crippen LogP contribution in [-0.4, -0.2) is 5.88 Å². The Labute approximate surface area is 89.9 Å². The number of benzene rings is 1. The second kappa shape index (κ2) is 4.88. The smallest absolute Gasteiger partial charge is 0.0440 e. The average Bonchev–Trinajstić information content (AvgIpc) is 2.09. The lowest BCUT2D eigenvalue weighted by Gasteiger charge is -2.09. The van der Waals surface area contributed by atoms with Crippen molar-refractivity contribution in [3.8, 4) is 0 Å². The molecule has 1 unspecified atom stereocenters. The van der Waals surface area contributed by atoms with Gasteiger partial charge in [-0.05, 0) is 36.5 Å². The maximum Gasteiger partial charge on any atom is 0.0440 e. The van der Waals surface area contributed by atoms with E-state index in [0.29, 0.717) is 11.8 Å². The topological polar surface area (TPSA) is 0 Å². The molecule has 0 aliphatic rings. The van der Waals surface area contributed by atoms with Gasteiger partial charge in [0.2, 0.25) is 0 Å². The van der Waals surface area contributed by atoms with E-state index in [1.807, 2.05) is 13.0 Å². The molecule has 0 aliphatic heterocycles. The Morgan fingerprint density at radius 3 is 2.62 bits per heavy atom. The van der Waals surface area contributed by atoms with Crippen molar-refractivity contribution in [2.45, 2.75) is 20.3 Å². The third-order valence-corrected chi connectivity index (χ3v) is 2.92. The molecule has 0 saturated heterocycles. The maximum atomic E-state index is 6.09. The minimum absolute atomic E-state index is 0.488. The second-order valence-electron chi connectivity index (χ2n) is 3.56. The highest BCUT2D eigenvalue weighted by Gasteiger charge is 2.05. The van der Waals surface area contributed by atoms with E-state index in [1.165, 1.54) is 11.1 Å². The average molecular weight is 217 g/mol. The minimum atomic E-state index is 0.488. The van der Waals surface area contributed by atoms with E-state index in [1.54, 1.807) is 0 Å². The van der Waals surface area contributed by atoms with E-state index in [0.717, 1.165) is 11.4 Å². The zero-order valence-electron chi connectivity index (χ0n) is 7.98. The Morgan fingerprint density at radius 1 is 1.38 bits per heavy atom. The fourth-order valence-electron chi connectivity index (χ4n) is 1.25. The summed E-state index contributed by atoms with van der Waals surface area (Å²) in [5.41, 5.74) is 2.40. The van der Waals surface area contributed by atoms with Gasteiger partial charge in [0.15, 0.2) is 0 Å². The zero-order valence-corrected chi connectivity index (χ0v) is 9.49. The van der Waals surface area contributed by atoms with Crippen molar-refractivity contribution < 1.29 is 0 Å². The molecule has 1 aromatic carbocycles. The van der Waals surface area contributed by atoms with Gasteiger partial charge in [0.05, 0.1) is 0 Å². The van der Waals surface area contributed by atoms with E-state index in [2.05, 4.69) is 19.1 Å². The molecule has 0 amide bonds. The van der Waals surface area contributed by atoms with Gasteiger partial charge in [-0.15, -0.1) is 11.6 Å². The lowest BCUT2D eigenvalue weighted by atomic mass is 10.0. The summed E-state index contributed by atoms with van der Waals surface area (Å²) in [7, 11) is 0. The number of rotatable bonds is 3. The molecule has 2 heteroatoms. The van der Waals surface area contributed by atoms with E-state index in [9.17, 15) is 0 Å². The van der Waals surface area contributed by atoms with Gasteiger partial charge in [-0.1, -0.05) is 30.7 Å². The molecule has 0 fully saturated rings.